The molecule has 1 radical (unpaired) electrons. The Morgan fingerprint density at radius 2 is 2.29 bits per heavy atom. The first-order valence-corrected chi connectivity index (χ1v) is 1.94. The number of carbonyl (C=O) groups is 1. The molecule has 0 saturated carbocycles. The first-order chi connectivity index (χ1) is 3.18. The molecule has 0 amide bonds. The monoisotopic (exact) mass is 102 g/mol. The molecule has 41 valence electrons. The Labute approximate surface area is 42.1 Å². The molecular weight excluding hydrogens is 94.0 g/mol. The van der Waals surface area contributed by atoms with Gasteiger partial charge in [-0.05, 0) is 6.92 Å². The molecule has 0 spiro atoms. The number of rotatable bonds is 2. The molecule has 0 unspecified atom stereocenters. The molecular formula is C4H8NO2. The number of hydrogen-bond donors (Lipinski definition) is 2. The molecule has 0 saturated heterocycles. The van der Waals surface area contributed by atoms with Crippen LogP contribution in [0.3, 0.4) is 0 Å². The van der Waals surface area contributed by atoms with E-state index in [2.05, 4.69) is 0 Å². The molecule has 3 N–H and O–H groups in total. The molecule has 0 bridgehead atoms. The summed E-state index contributed by atoms with van der Waals surface area (Å²) >= 11 is 0. The highest BCUT2D eigenvalue weighted by Crippen LogP contribution is 1.90. The lowest BCUT2D eigenvalue weighted by Crippen LogP contribution is -2.17. The summed E-state index contributed by atoms with van der Waals surface area (Å²) in [6.07, 6.45) is 0. The maximum Gasteiger partial charge on any atom is 0.311 e. The molecule has 0 atom stereocenters. The minimum absolute atomic E-state index is 0.134. The van der Waals surface area contributed by atoms with Crippen molar-refractivity contribution in [2.75, 3.05) is 6.54 Å². The van der Waals surface area contributed by atoms with E-state index in [1.807, 2.05) is 0 Å². The van der Waals surface area contributed by atoms with E-state index in [-0.39, 0.29) is 6.54 Å². The number of nitrogens with two attached hydrogens (primary N) is 1. The number of hydrogen-bond acceptors (Lipinski definition) is 2. The van der Waals surface area contributed by atoms with Crippen molar-refractivity contribution < 1.29 is 9.90 Å². The first kappa shape index (κ1) is 6.43. The number of carboxylic acids is 1. The summed E-state index contributed by atoms with van der Waals surface area (Å²) in [6, 6.07) is 0. The lowest BCUT2D eigenvalue weighted by molar-refractivity contribution is -0.134. The molecule has 0 heterocycles. The van der Waals surface area contributed by atoms with Crippen molar-refractivity contribution in [3.63, 3.8) is 0 Å². The standard InChI is InChI=1S/C4H8NO2/c1-3(2-5)4(6)7/h2,5H2,1H3,(H,6,7). The summed E-state index contributed by atoms with van der Waals surface area (Å²) < 4.78 is 0. The highest BCUT2D eigenvalue weighted by atomic mass is 16.4. The van der Waals surface area contributed by atoms with Crippen LogP contribution in [0, 0.1) is 5.92 Å². The van der Waals surface area contributed by atoms with Gasteiger partial charge in [0, 0.05) is 6.54 Å². The second-order valence-electron chi connectivity index (χ2n) is 1.29. The third kappa shape index (κ3) is 2.17. The zero-order chi connectivity index (χ0) is 5.86. The Bertz CT molecular complexity index is 72.1. The summed E-state index contributed by atoms with van der Waals surface area (Å²) in [5, 5.41) is 8.06. The predicted octanol–water partition coefficient (Wildman–Crippen LogP) is -0.376. The van der Waals surface area contributed by atoms with Crippen molar-refractivity contribution in [2.45, 2.75) is 6.92 Å². The van der Waals surface area contributed by atoms with Crippen molar-refractivity contribution in [2.24, 2.45) is 5.73 Å². The van der Waals surface area contributed by atoms with Crippen LogP contribution in [0.5, 0.6) is 0 Å². The van der Waals surface area contributed by atoms with E-state index < -0.39 is 5.97 Å². The van der Waals surface area contributed by atoms with Gasteiger partial charge < -0.3 is 10.8 Å². The molecule has 3 nitrogen and oxygen atoms in total. The van der Waals surface area contributed by atoms with E-state index >= 15 is 0 Å². The maximum absolute atomic E-state index is 9.81. The first-order valence-electron chi connectivity index (χ1n) is 1.94. The van der Waals surface area contributed by atoms with Gasteiger partial charge in [-0.1, -0.05) is 0 Å². The quantitative estimate of drug-likeness (QED) is 0.499. The van der Waals surface area contributed by atoms with E-state index in [0.29, 0.717) is 5.92 Å². The van der Waals surface area contributed by atoms with Crippen LogP contribution in [0.4, 0.5) is 0 Å². The van der Waals surface area contributed by atoms with Gasteiger partial charge in [0.1, 0.15) is 0 Å². The summed E-state index contributed by atoms with van der Waals surface area (Å²) in [5.74, 6) is -0.623. The van der Waals surface area contributed by atoms with Gasteiger partial charge in [0.15, 0.2) is 0 Å². The van der Waals surface area contributed by atoms with Crippen LogP contribution in [0.25, 0.3) is 0 Å². The van der Waals surface area contributed by atoms with E-state index in [9.17, 15) is 4.79 Å². The fraction of sp³-hybridized carbons (Fsp3) is 0.500. The van der Waals surface area contributed by atoms with Crippen LogP contribution < -0.4 is 5.73 Å². The lowest BCUT2D eigenvalue weighted by Gasteiger charge is -1.95. The molecule has 0 aromatic carbocycles. The zero-order valence-electron chi connectivity index (χ0n) is 4.14. The minimum atomic E-state index is -0.914. The fourth-order valence-corrected chi connectivity index (χ4v) is 0.0873. The van der Waals surface area contributed by atoms with Gasteiger partial charge >= 0.3 is 5.97 Å². The van der Waals surface area contributed by atoms with Gasteiger partial charge in [0.05, 0.1) is 5.92 Å². The van der Waals surface area contributed by atoms with Gasteiger partial charge in [-0.3, -0.25) is 4.79 Å². The van der Waals surface area contributed by atoms with Gasteiger partial charge in [-0.15, -0.1) is 0 Å². The fourth-order valence-electron chi connectivity index (χ4n) is 0.0873. The lowest BCUT2D eigenvalue weighted by atomic mass is 10.2. The minimum Gasteiger partial charge on any atom is -0.481 e. The molecule has 0 aliphatic carbocycles. The van der Waals surface area contributed by atoms with E-state index in [1.54, 1.807) is 0 Å². The molecule has 0 aromatic rings. The Hall–Kier alpha value is -0.570. The highest BCUT2D eigenvalue weighted by molar-refractivity contribution is 5.82. The summed E-state index contributed by atoms with van der Waals surface area (Å²) in [7, 11) is 0. The van der Waals surface area contributed by atoms with Crippen LogP contribution >= 0.6 is 0 Å². The molecule has 0 fully saturated rings. The van der Waals surface area contributed by atoms with Crippen LogP contribution in [-0.2, 0) is 4.79 Å². The van der Waals surface area contributed by atoms with Crippen molar-refractivity contribution in [1.29, 1.82) is 0 Å². The average molecular weight is 102 g/mol. The topological polar surface area (TPSA) is 63.3 Å². The molecule has 0 aliphatic rings. The van der Waals surface area contributed by atoms with Crippen molar-refractivity contribution >= 4 is 5.97 Å². The average Bonchev–Trinajstić information content (AvgIpc) is 1.65. The van der Waals surface area contributed by atoms with Crippen molar-refractivity contribution in [3.8, 4) is 0 Å². The molecule has 7 heavy (non-hydrogen) atoms. The summed E-state index contributed by atoms with van der Waals surface area (Å²) in [6.45, 7) is 1.62. The van der Waals surface area contributed by atoms with E-state index in [4.69, 9.17) is 10.8 Å². The Kier molecular flexibility index (Phi) is 2.37. The predicted molar refractivity (Wildman–Crippen MR) is 25.6 cm³/mol. The molecule has 0 aromatic heterocycles. The Morgan fingerprint density at radius 1 is 1.86 bits per heavy atom. The van der Waals surface area contributed by atoms with Gasteiger partial charge in [-0.2, -0.15) is 0 Å². The van der Waals surface area contributed by atoms with Crippen LogP contribution in [0.15, 0.2) is 0 Å². The van der Waals surface area contributed by atoms with E-state index in [1.165, 1.54) is 6.92 Å². The summed E-state index contributed by atoms with van der Waals surface area (Å²) in [4.78, 5) is 9.81. The largest absolute Gasteiger partial charge is 0.481 e. The Balaban J connectivity index is 3.34. The normalized spacial score (nSPS) is 9.57. The van der Waals surface area contributed by atoms with E-state index in [0.717, 1.165) is 0 Å². The smallest absolute Gasteiger partial charge is 0.311 e. The van der Waals surface area contributed by atoms with Crippen LogP contribution in [0.2, 0.25) is 0 Å². The zero-order valence-corrected chi connectivity index (χ0v) is 4.14. The third-order valence-electron chi connectivity index (χ3n) is 0.671. The Morgan fingerprint density at radius 3 is 2.29 bits per heavy atom. The summed E-state index contributed by atoms with van der Waals surface area (Å²) in [5.41, 5.74) is 4.96. The van der Waals surface area contributed by atoms with Crippen molar-refractivity contribution in [1.82, 2.24) is 0 Å². The maximum atomic E-state index is 9.81. The second kappa shape index (κ2) is 2.58. The SMILES string of the molecule is C[C](CN)C(=O)O. The van der Waals surface area contributed by atoms with Crippen molar-refractivity contribution in [3.05, 3.63) is 5.92 Å². The van der Waals surface area contributed by atoms with Gasteiger partial charge in [0.2, 0.25) is 0 Å². The van der Waals surface area contributed by atoms with Gasteiger partial charge in [0.25, 0.3) is 0 Å². The molecule has 3 heteroatoms. The highest BCUT2D eigenvalue weighted by Gasteiger charge is 2.06. The molecule has 0 aliphatic heterocycles. The second-order valence-corrected chi connectivity index (χ2v) is 1.29. The number of aliphatic carboxylic acids is 1. The third-order valence-corrected chi connectivity index (χ3v) is 0.671. The molecule has 0 rings (SSSR count). The van der Waals surface area contributed by atoms with Crippen LogP contribution in [0.1, 0.15) is 6.92 Å². The van der Waals surface area contributed by atoms with Gasteiger partial charge in [-0.25, -0.2) is 0 Å². The van der Waals surface area contributed by atoms with Crippen LogP contribution in [-0.4, -0.2) is 17.6 Å². The number of carboxylic acid groups (broad SMARTS) is 1.